The standard InChI is InChI=1S/C13H11F4N3O2/c14-9-1-3-11(4-2-9)22-7-12(21)19-10-5-18-20(6-10)8-13(15,16)17/h1-6H,7-8H2,(H,19,21). The molecule has 0 saturated heterocycles. The lowest BCUT2D eigenvalue weighted by Gasteiger charge is -2.06. The highest BCUT2D eigenvalue weighted by molar-refractivity contribution is 5.91. The summed E-state index contributed by atoms with van der Waals surface area (Å²) in [5.41, 5.74) is 0.122. The molecule has 0 unspecified atom stereocenters. The summed E-state index contributed by atoms with van der Waals surface area (Å²) in [5.74, 6) is -0.714. The lowest BCUT2D eigenvalue weighted by molar-refractivity contribution is -0.142. The SMILES string of the molecule is O=C(COc1ccc(F)cc1)Nc1cnn(CC(F)(F)F)c1. The number of anilines is 1. The monoisotopic (exact) mass is 317 g/mol. The van der Waals surface area contributed by atoms with E-state index in [1.165, 1.54) is 24.3 Å². The van der Waals surface area contributed by atoms with Gasteiger partial charge in [-0.25, -0.2) is 4.39 Å². The van der Waals surface area contributed by atoms with Gasteiger partial charge in [0.2, 0.25) is 0 Å². The van der Waals surface area contributed by atoms with Gasteiger partial charge in [0.15, 0.2) is 6.61 Å². The molecule has 1 aromatic heterocycles. The van der Waals surface area contributed by atoms with Gasteiger partial charge in [-0.15, -0.1) is 0 Å². The number of carbonyl (C=O) groups excluding carboxylic acids is 1. The number of ether oxygens (including phenoxy) is 1. The van der Waals surface area contributed by atoms with Crippen LogP contribution in [0.25, 0.3) is 0 Å². The van der Waals surface area contributed by atoms with Crippen LogP contribution in [0.3, 0.4) is 0 Å². The first kappa shape index (κ1) is 15.8. The molecular formula is C13H11F4N3O2. The van der Waals surface area contributed by atoms with Crippen LogP contribution in [-0.2, 0) is 11.3 Å². The lowest BCUT2D eigenvalue weighted by atomic mass is 10.3. The third kappa shape index (κ3) is 5.08. The smallest absolute Gasteiger partial charge is 0.408 e. The summed E-state index contributed by atoms with van der Waals surface area (Å²) in [6, 6.07) is 5.05. The Labute approximate surface area is 122 Å². The number of hydrogen-bond acceptors (Lipinski definition) is 3. The Bertz CT molecular complexity index is 637. The maximum Gasteiger partial charge on any atom is 0.408 e. The van der Waals surface area contributed by atoms with E-state index < -0.39 is 24.4 Å². The average molecular weight is 317 g/mol. The topological polar surface area (TPSA) is 56.1 Å². The van der Waals surface area contributed by atoms with Crippen LogP contribution in [0.4, 0.5) is 23.2 Å². The zero-order valence-electron chi connectivity index (χ0n) is 11.1. The molecule has 118 valence electrons. The van der Waals surface area contributed by atoms with Crippen molar-refractivity contribution in [3.63, 3.8) is 0 Å². The Hall–Kier alpha value is -2.58. The summed E-state index contributed by atoms with van der Waals surface area (Å²) < 4.78 is 54.9. The summed E-state index contributed by atoms with van der Waals surface area (Å²) >= 11 is 0. The van der Waals surface area contributed by atoms with Gasteiger partial charge in [0.25, 0.3) is 5.91 Å². The molecule has 0 aliphatic heterocycles. The Morgan fingerprint density at radius 3 is 2.59 bits per heavy atom. The van der Waals surface area contributed by atoms with E-state index in [4.69, 9.17) is 4.74 Å². The van der Waals surface area contributed by atoms with E-state index in [2.05, 4.69) is 10.4 Å². The predicted octanol–water partition coefficient (Wildman–Crippen LogP) is 2.60. The van der Waals surface area contributed by atoms with Gasteiger partial charge in [0.05, 0.1) is 11.9 Å². The Kier molecular flexibility index (Phi) is 4.64. The first-order chi connectivity index (χ1) is 10.3. The molecule has 1 N–H and O–H groups in total. The number of carbonyl (C=O) groups is 1. The second kappa shape index (κ2) is 6.46. The minimum atomic E-state index is -4.39. The quantitative estimate of drug-likeness (QED) is 0.863. The molecule has 0 atom stereocenters. The van der Waals surface area contributed by atoms with E-state index in [1.807, 2.05) is 0 Å². The highest BCUT2D eigenvalue weighted by Crippen LogP contribution is 2.18. The Morgan fingerprint density at radius 2 is 1.95 bits per heavy atom. The fourth-order valence-corrected chi connectivity index (χ4v) is 1.58. The van der Waals surface area contributed by atoms with Crippen molar-refractivity contribution in [3.8, 4) is 5.75 Å². The summed E-state index contributed by atoms with van der Waals surface area (Å²) in [6.07, 6.45) is -2.23. The third-order valence-electron chi connectivity index (χ3n) is 2.44. The van der Waals surface area contributed by atoms with Crippen molar-refractivity contribution >= 4 is 11.6 Å². The molecule has 0 bridgehead atoms. The number of nitrogens with one attached hydrogen (secondary N) is 1. The maximum atomic E-state index is 12.7. The normalized spacial score (nSPS) is 11.3. The highest BCUT2D eigenvalue weighted by atomic mass is 19.4. The molecular weight excluding hydrogens is 306 g/mol. The molecule has 9 heteroatoms. The number of halogens is 4. The van der Waals surface area contributed by atoms with E-state index in [0.29, 0.717) is 10.4 Å². The summed E-state index contributed by atoms with van der Waals surface area (Å²) in [6.45, 7) is -1.61. The predicted molar refractivity (Wildman–Crippen MR) is 68.8 cm³/mol. The van der Waals surface area contributed by atoms with Gasteiger partial charge in [-0.2, -0.15) is 18.3 Å². The molecule has 0 aliphatic rings. The fraction of sp³-hybridized carbons (Fsp3) is 0.231. The third-order valence-corrected chi connectivity index (χ3v) is 2.44. The highest BCUT2D eigenvalue weighted by Gasteiger charge is 2.28. The molecule has 5 nitrogen and oxygen atoms in total. The van der Waals surface area contributed by atoms with Crippen LogP contribution in [0.15, 0.2) is 36.7 Å². The molecule has 0 fully saturated rings. The van der Waals surface area contributed by atoms with Gasteiger partial charge < -0.3 is 10.1 Å². The Balaban J connectivity index is 1.83. The van der Waals surface area contributed by atoms with Crippen molar-refractivity contribution in [1.82, 2.24) is 9.78 Å². The zero-order valence-corrected chi connectivity index (χ0v) is 11.1. The number of aromatic nitrogens is 2. The molecule has 0 saturated carbocycles. The zero-order chi connectivity index (χ0) is 16.2. The minimum absolute atomic E-state index is 0.122. The van der Waals surface area contributed by atoms with Crippen molar-refractivity contribution in [3.05, 3.63) is 42.5 Å². The average Bonchev–Trinajstić information content (AvgIpc) is 2.83. The van der Waals surface area contributed by atoms with Crippen molar-refractivity contribution in [2.75, 3.05) is 11.9 Å². The summed E-state index contributed by atoms with van der Waals surface area (Å²) in [7, 11) is 0. The van der Waals surface area contributed by atoms with Gasteiger partial charge in [-0.05, 0) is 24.3 Å². The van der Waals surface area contributed by atoms with Crippen LogP contribution >= 0.6 is 0 Å². The molecule has 0 spiro atoms. The van der Waals surface area contributed by atoms with Gasteiger partial charge in [0, 0.05) is 6.20 Å². The molecule has 1 amide bonds. The molecule has 0 aliphatic carbocycles. The molecule has 2 aromatic rings. The van der Waals surface area contributed by atoms with Crippen LogP contribution in [0, 0.1) is 5.82 Å². The van der Waals surface area contributed by atoms with Crippen molar-refractivity contribution < 1.29 is 27.1 Å². The molecule has 1 heterocycles. The first-order valence-corrected chi connectivity index (χ1v) is 6.09. The van der Waals surface area contributed by atoms with E-state index in [1.54, 1.807) is 0 Å². The molecule has 22 heavy (non-hydrogen) atoms. The first-order valence-electron chi connectivity index (χ1n) is 6.09. The van der Waals surface area contributed by atoms with Crippen LogP contribution in [-0.4, -0.2) is 28.5 Å². The van der Waals surface area contributed by atoms with Gasteiger partial charge in [-0.1, -0.05) is 0 Å². The van der Waals surface area contributed by atoms with Crippen LogP contribution in [0.2, 0.25) is 0 Å². The minimum Gasteiger partial charge on any atom is -0.484 e. The molecule has 0 radical (unpaired) electrons. The van der Waals surface area contributed by atoms with E-state index in [0.717, 1.165) is 12.4 Å². The fourth-order valence-electron chi connectivity index (χ4n) is 1.58. The lowest BCUT2D eigenvalue weighted by Crippen LogP contribution is -2.20. The van der Waals surface area contributed by atoms with Crippen LogP contribution < -0.4 is 10.1 Å². The van der Waals surface area contributed by atoms with Crippen molar-refractivity contribution in [2.24, 2.45) is 0 Å². The second-order valence-corrected chi connectivity index (χ2v) is 4.33. The summed E-state index contributed by atoms with van der Waals surface area (Å²) in [5, 5.41) is 5.82. The summed E-state index contributed by atoms with van der Waals surface area (Å²) in [4.78, 5) is 11.6. The van der Waals surface area contributed by atoms with Crippen molar-refractivity contribution in [1.29, 1.82) is 0 Å². The van der Waals surface area contributed by atoms with E-state index in [-0.39, 0.29) is 12.3 Å². The van der Waals surface area contributed by atoms with Gasteiger partial charge in [-0.3, -0.25) is 9.48 Å². The van der Waals surface area contributed by atoms with Gasteiger partial charge in [0.1, 0.15) is 18.1 Å². The number of rotatable bonds is 5. The maximum absolute atomic E-state index is 12.7. The van der Waals surface area contributed by atoms with Crippen LogP contribution in [0.1, 0.15) is 0 Å². The van der Waals surface area contributed by atoms with Gasteiger partial charge >= 0.3 is 6.18 Å². The number of alkyl halides is 3. The number of nitrogens with zero attached hydrogens (tertiary/aromatic N) is 2. The Morgan fingerprint density at radius 1 is 1.27 bits per heavy atom. The molecule has 1 aromatic carbocycles. The number of amides is 1. The number of benzene rings is 1. The van der Waals surface area contributed by atoms with E-state index in [9.17, 15) is 22.4 Å². The molecule has 2 rings (SSSR count). The second-order valence-electron chi connectivity index (χ2n) is 4.33. The largest absolute Gasteiger partial charge is 0.484 e. The van der Waals surface area contributed by atoms with E-state index >= 15 is 0 Å². The number of hydrogen-bond donors (Lipinski definition) is 1. The van der Waals surface area contributed by atoms with Crippen LogP contribution in [0.5, 0.6) is 5.75 Å². The van der Waals surface area contributed by atoms with Crippen molar-refractivity contribution in [2.45, 2.75) is 12.7 Å².